The molecule has 1 aliphatic rings. The summed E-state index contributed by atoms with van der Waals surface area (Å²) in [5, 5.41) is 3.69. The number of hydrogen-bond acceptors (Lipinski definition) is 4. The average molecular weight is 271 g/mol. The van der Waals surface area contributed by atoms with Gasteiger partial charge in [-0.2, -0.15) is 0 Å². The van der Waals surface area contributed by atoms with Crippen LogP contribution in [0.25, 0.3) is 10.9 Å². The summed E-state index contributed by atoms with van der Waals surface area (Å²) in [6, 6.07) is 7.55. The van der Waals surface area contributed by atoms with E-state index in [0.29, 0.717) is 18.1 Å². The second-order valence-corrected chi connectivity index (χ2v) is 4.98. The van der Waals surface area contributed by atoms with Gasteiger partial charge in [0.25, 0.3) is 5.91 Å². The van der Waals surface area contributed by atoms with E-state index < -0.39 is 0 Å². The molecule has 0 bridgehead atoms. The molecule has 0 saturated carbocycles. The van der Waals surface area contributed by atoms with Crippen molar-refractivity contribution in [2.75, 3.05) is 13.2 Å². The molecule has 2 heterocycles. The van der Waals surface area contributed by atoms with E-state index >= 15 is 0 Å². The number of para-hydroxylation sites is 1. The van der Waals surface area contributed by atoms with Gasteiger partial charge in [0, 0.05) is 18.5 Å². The van der Waals surface area contributed by atoms with Gasteiger partial charge in [-0.25, -0.2) is 9.97 Å². The Morgan fingerprint density at radius 2 is 2.25 bits per heavy atom. The Hall–Kier alpha value is -2.01. The highest BCUT2D eigenvalue weighted by molar-refractivity contribution is 6.04. The van der Waals surface area contributed by atoms with Gasteiger partial charge in [0.2, 0.25) is 0 Å². The van der Waals surface area contributed by atoms with Gasteiger partial charge >= 0.3 is 0 Å². The molecule has 1 unspecified atom stereocenters. The third-order valence-electron chi connectivity index (χ3n) is 3.44. The number of nitrogens with one attached hydrogen (secondary N) is 1. The van der Waals surface area contributed by atoms with E-state index in [9.17, 15) is 4.79 Å². The van der Waals surface area contributed by atoms with E-state index in [1.54, 1.807) is 6.92 Å². The van der Waals surface area contributed by atoms with Crippen LogP contribution >= 0.6 is 0 Å². The van der Waals surface area contributed by atoms with Gasteiger partial charge in [0.15, 0.2) is 0 Å². The number of nitrogens with zero attached hydrogens (tertiary/aromatic N) is 2. The molecule has 20 heavy (non-hydrogen) atoms. The molecular formula is C15H17N3O2. The van der Waals surface area contributed by atoms with Gasteiger partial charge in [-0.15, -0.1) is 0 Å². The highest BCUT2D eigenvalue weighted by Crippen LogP contribution is 2.16. The molecule has 1 aromatic carbocycles. The fourth-order valence-electron chi connectivity index (χ4n) is 2.46. The van der Waals surface area contributed by atoms with Crippen molar-refractivity contribution in [2.45, 2.75) is 25.9 Å². The van der Waals surface area contributed by atoms with Gasteiger partial charge in [0.05, 0.1) is 11.6 Å². The van der Waals surface area contributed by atoms with Crippen LogP contribution in [0.1, 0.15) is 29.2 Å². The number of benzene rings is 1. The maximum absolute atomic E-state index is 12.3. The van der Waals surface area contributed by atoms with E-state index in [2.05, 4.69) is 15.3 Å². The summed E-state index contributed by atoms with van der Waals surface area (Å²) >= 11 is 0. The molecule has 0 aliphatic carbocycles. The van der Waals surface area contributed by atoms with Crippen molar-refractivity contribution in [2.24, 2.45) is 0 Å². The zero-order chi connectivity index (χ0) is 13.9. The molecule has 1 atom stereocenters. The summed E-state index contributed by atoms with van der Waals surface area (Å²) in [5.74, 6) is 0.438. The van der Waals surface area contributed by atoms with E-state index in [-0.39, 0.29) is 12.0 Å². The molecule has 3 rings (SSSR count). The predicted molar refractivity (Wildman–Crippen MR) is 75.6 cm³/mol. The fraction of sp³-hybridized carbons (Fsp3) is 0.400. The first-order valence-corrected chi connectivity index (χ1v) is 6.87. The lowest BCUT2D eigenvalue weighted by Crippen LogP contribution is -2.32. The van der Waals surface area contributed by atoms with Crippen molar-refractivity contribution < 1.29 is 9.53 Å². The summed E-state index contributed by atoms with van der Waals surface area (Å²) < 4.78 is 5.50. The first kappa shape index (κ1) is 13.0. The third kappa shape index (κ3) is 2.63. The highest BCUT2D eigenvalue weighted by Gasteiger charge is 2.18. The standard InChI is InChI=1S/C15H17N3O2/c1-10-17-13-7-3-2-6-12(13)14(18-10)15(19)16-9-11-5-4-8-20-11/h2-3,6-7,11H,4-5,8-9H2,1H3,(H,16,19). The number of aromatic nitrogens is 2. The lowest BCUT2D eigenvalue weighted by atomic mass is 10.1. The lowest BCUT2D eigenvalue weighted by molar-refractivity contribution is 0.0855. The Morgan fingerprint density at radius 1 is 1.40 bits per heavy atom. The number of ether oxygens (including phenoxy) is 1. The molecule has 5 nitrogen and oxygen atoms in total. The molecule has 1 fully saturated rings. The van der Waals surface area contributed by atoms with Crippen LogP contribution in [0.3, 0.4) is 0 Å². The monoisotopic (exact) mass is 271 g/mol. The first-order valence-electron chi connectivity index (χ1n) is 6.87. The number of amides is 1. The molecule has 1 aromatic heterocycles. The molecular weight excluding hydrogens is 254 g/mol. The second kappa shape index (κ2) is 5.54. The van der Waals surface area contributed by atoms with Gasteiger partial charge in [0.1, 0.15) is 11.5 Å². The molecule has 2 aromatic rings. The van der Waals surface area contributed by atoms with Crippen molar-refractivity contribution >= 4 is 16.8 Å². The smallest absolute Gasteiger partial charge is 0.270 e. The lowest BCUT2D eigenvalue weighted by Gasteiger charge is -2.11. The fourth-order valence-corrected chi connectivity index (χ4v) is 2.46. The Balaban J connectivity index is 1.83. The molecule has 1 aliphatic heterocycles. The Bertz CT molecular complexity index is 636. The number of carbonyl (C=O) groups is 1. The molecule has 5 heteroatoms. The maximum Gasteiger partial charge on any atom is 0.270 e. The number of hydrogen-bond donors (Lipinski definition) is 1. The van der Waals surface area contributed by atoms with Crippen LogP contribution in [0, 0.1) is 6.92 Å². The van der Waals surface area contributed by atoms with Gasteiger partial charge < -0.3 is 10.1 Å². The zero-order valence-corrected chi connectivity index (χ0v) is 11.4. The minimum Gasteiger partial charge on any atom is -0.376 e. The quantitative estimate of drug-likeness (QED) is 0.925. The average Bonchev–Trinajstić information content (AvgIpc) is 2.97. The highest BCUT2D eigenvalue weighted by atomic mass is 16.5. The SMILES string of the molecule is Cc1nc(C(=O)NCC2CCCO2)c2ccccc2n1. The minimum absolute atomic E-state index is 0.133. The van der Waals surface area contributed by atoms with Crippen LogP contribution in [0.4, 0.5) is 0 Å². The zero-order valence-electron chi connectivity index (χ0n) is 11.4. The van der Waals surface area contributed by atoms with Crippen LogP contribution in [0.2, 0.25) is 0 Å². The predicted octanol–water partition coefficient (Wildman–Crippen LogP) is 1.85. The van der Waals surface area contributed by atoms with Gasteiger partial charge in [-0.1, -0.05) is 18.2 Å². The van der Waals surface area contributed by atoms with E-state index in [4.69, 9.17) is 4.74 Å². The maximum atomic E-state index is 12.3. The topological polar surface area (TPSA) is 64.1 Å². The van der Waals surface area contributed by atoms with Gasteiger partial charge in [-0.05, 0) is 25.8 Å². The van der Waals surface area contributed by atoms with Crippen molar-refractivity contribution in [1.29, 1.82) is 0 Å². The van der Waals surface area contributed by atoms with Crippen LogP contribution in [-0.4, -0.2) is 35.1 Å². The molecule has 1 amide bonds. The van der Waals surface area contributed by atoms with Crippen LogP contribution in [0.15, 0.2) is 24.3 Å². The molecule has 1 saturated heterocycles. The Labute approximate surface area is 117 Å². The minimum atomic E-state index is -0.165. The summed E-state index contributed by atoms with van der Waals surface area (Å²) in [6.45, 7) is 3.12. The Morgan fingerprint density at radius 3 is 3.05 bits per heavy atom. The van der Waals surface area contributed by atoms with Crippen LogP contribution < -0.4 is 5.32 Å². The van der Waals surface area contributed by atoms with Crippen LogP contribution in [0.5, 0.6) is 0 Å². The largest absolute Gasteiger partial charge is 0.376 e. The van der Waals surface area contributed by atoms with E-state index in [1.165, 1.54) is 0 Å². The Kier molecular flexibility index (Phi) is 3.60. The second-order valence-electron chi connectivity index (χ2n) is 4.98. The molecule has 0 radical (unpaired) electrons. The molecule has 104 valence electrons. The molecule has 0 spiro atoms. The number of fused-ring (bicyclic) bond motifs is 1. The number of carbonyl (C=O) groups excluding carboxylic acids is 1. The number of rotatable bonds is 3. The van der Waals surface area contributed by atoms with Crippen molar-refractivity contribution in [3.63, 3.8) is 0 Å². The number of aryl methyl sites for hydroxylation is 1. The third-order valence-corrected chi connectivity index (χ3v) is 3.44. The van der Waals surface area contributed by atoms with Gasteiger partial charge in [-0.3, -0.25) is 4.79 Å². The first-order chi connectivity index (χ1) is 9.74. The normalized spacial score (nSPS) is 18.4. The molecule has 1 N–H and O–H groups in total. The van der Waals surface area contributed by atoms with Crippen molar-refractivity contribution in [1.82, 2.24) is 15.3 Å². The van der Waals surface area contributed by atoms with Crippen molar-refractivity contribution in [3.8, 4) is 0 Å². The summed E-state index contributed by atoms with van der Waals surface area (Å²) in [5.41, 5.74) is 1.23. The summed E-state index contributed by atoms with van der Waals surface area (Å²) in [6.07, 6.45) is 2.20. The summed E-state index contributed by atoms with van der Waals surface area (Å²) in [7, 11) is 0. The van der Waals surface area contributed by atoms with Crippen LogP contribution in [-0.2, 0) is 4.74 Å². The van der Waals surface area contributed by atoms with E-state index in [0.717, 1.165) is 30.4 Å². The summed E-state index contributed by atoms with van der Waals surface area (Å²) in [4.78, 5) is 20.9. The van der Waals surface area contributed by atoms with E-state index in [1.807, 2.05) is 24.3 Å². The van der Waals surface area contributed by atoms with Crippen molar-refractivity contribution in [3.05, 3.63) is 35.8 Å².